The van der Waals surface area contributed by atoms with E-state index in [1.54, 1.807) is 19.4 Å². The number of carboxylic acid groups (broad SMARTS) is 1. The van der Waals surface area contributed by atoms with Gasteiger partial charge < -0.3 is 9.84 Å². The Bertz CT molecular complexity index is 655. The number of carbonyl (C=O) groups is 1. The molecule has 0 atom stereocenters. The smallest absolute Gasteiger partial charge is 0.354 e. The Balaban J connectivity index is 3.27. The zero-order valence-corrected chi connectivity index (χ0v) is 14.5. The van der Waals surface area contributed by atoms with Gasteiger partial charge in [0.2, 0.25) is 0 Å². The second kappa shape index (κ2) is 8.93. The maximum atomic E-state index is 11.3. The van der Waals surface area contributed by atoms with E-state index in [0.29, 0.717) is 0 Å². The van der Waals surface area contributed by atoms with Crippen LogP contribution in [0.5, 0.6) is 5.75 Å². The van der Waals surface area contributed by atoms with Gasteiger partial charge in [-0.1, -0.05) is 37.6 Å². The summed E-state index contributed by atoms with van der Waals surface area (Å²) in [4.78, 5) is 15.4. The highest BCUT2D eigenvalue weighted by Gasteiger charge is 2.10. The number of carboxylic acids is 1. The lowest BCUT2D eigenvalue weighted by atomic mass is 10.0. The van der Waals surface area contributed by atoms with E-state index in [0.717, 1.165) is 40.9 Å². The number of nitrogens with zero attached hydrogens (tertiary/aromatic N) is 1. The predicted octanol–water partition coefficient (Wildman–Crippen LogP) is 4.50. The van der Waals surface area contributed by atoms with E-state index in [4.69, 9.17) is 4.74 Å². The Morgan fingerprint density at radius 2 is 2.00 bits per heavy atom. The molecule has 0 saturated carbocycles. The molecule has 0 heterocycles. The number of aliphatic carboxylic acids is 1. The van der Waals surface area contributed by atoms with Crippen LogP contribution in [0.15, 0.2) is 41.0 Å². The molecule has 23 heavy (non-hydrogen) atoms. The minimum Gasteiger partial charge on any atom is -0.496 e. The van der Waals surface area contributed by atoms with Gasteiger partial charge in [-0.2, -0.15) is 0 Å². The number of hydrogen-bond donors (Lipinski definition) is 1. The van der Waals surface area contributed by atoms with E-state index < -0.39 is 5.97 Å². The van der Waals surface area contributed by atoms with Gasteiger partial charge in [-0.05, 0) is 43.9 Å². The van der Waals surface area contributed by atoms with Crippen molar-refractivity contribution in [3.8, 4) is 5.75 Å². The molecule has 0 aliphatic heterocycles. The molecule has 0 amide bonds. The predicted molar refractivity (Wildman–Crippen MR) is 95.1 cm³/mol. The number of aliphatic imine (C=N–C) groups is 1. The number of methoxy groups -OCH3 is 1. The molecule has 1 rings (SSSR count). The normalized spacial score (nSPS) is 13.2. The molecule has 1 aromatic carbocycles. The maximum Gasteiger partial charge on any atom is 0.354 e. The zero-order chi connectivity index (χ0) is 17.4. The summed E-state index contributed by atoms with van der Waals surface area (Å²) in [6.45, 7) is 7.84. The van der Waals surface area contributed by atoms with Crippen molar-refractivity contribution in [3.05, 3.63) is 47.2 Å². The van der Waals surface area contributed by atoms with Crippen LogP contribution in [0.3, 0.4) is 0 Å². The average molecular weight is 315 g/mol. The van der Waals surface area contributed by atoms with Crippen LogP contribution in [0.1, 0.15) is 45.2 Å². The van der Waals surface area contributed by atoms with Gasteiger partial charge in [0.1, 0.15) is 11.5 Å². The van der Waals surface area contributed by atoms with E-state index in [9.17, 15) is 9.90 Å². The van der Waals surface area contributed by atoms with Gasteiger partial charge in [0, 0.05) is 11.8 Å². The van der Waals surface area contributed by atoms with Crippen molar-refractivity contribution in [3.63, 3.8) is 0 Å². The second-order valence-electron chi connectivity index (χ2n) is 5.33. The van der Waals surface area contributed by atoms with Gasteiger partial charge >= 0.3 is 5.97 Å². The van der Waals surface area contributed by atoms with E-state index in [1.165, 1.54) is 0 Å². The van der Waals surface area contributed by atoms with Gasteiger partial charge in [0.25, 0.3) is 0 Å². The SMILES string of the molecule is CCC(C)=CC(=N/C=C(\C)c1cccc(CC)c1OC)C(=O)O. The molecule has 0 spiro atoms. The summed E-state index contributed by atoms with van der Waals surface area (Å²) in [5, 5.41) is 9.25. The highest BCUT2D eigenvalue weighted by atomic mass is 16.5. The molecule has 0 aliphatic carbocycles. The summed E-state index contributed by atoms with van der Waals surface area (Å²) in [6.07, 6.45) is 4.85. The number of para-hydroxylation sites is 1. The Hall–Kier alpha value is -2.36. The van der Waals surface area contributed by atoms with Crippen LogP contribution in [0, 0.1) is 0 Å². The molecular weight excluding hydrogens is 290 g/mol. The third-order valence-corrected chi connectivity index (χ3v) is 3.66. The van der Waals surface area contributed by atoms with Crippen molar-refractivity contribution in [2.24, 2.45) is 4.99 Å². The highest BCUT2D eigenvalue weighted by molar-refractivity contribution is 6.40. The zero-order valence-electron chi connectivity index (χ0n) is 14.5. The Morgan fingerprint density at radius 3 is 2.52 bits per heavy atom. The summed E-state index contributed by atoms with van der Waals surface area (Å²) >= 11 is 0. The first-order valence-electron chi connectivity index (χ1n) is 7.75. The lowest BCUT2D eigenvalue weighted by Gasteiger charge is -2.12. The summed E-state index contributed by atoms with van der Waals surface area (Å²) in [5.41, 5.74) is 3.91. The summed E-state index contributed by atoms with van der Waals surface area (Å²) in [5.74, 6) is -0.216. The van der Waals surface area contributed by atoms with Crippen LogP contribution < -0.4 is 4.74 Å². The first-order chi connectivity index (χ1) is 10.9. The summed E-state index contributed by atoms with van der Waals surface area (Å²) in [7, 11) is 1.64. The molecule has 4 heteroatoms. The van der Waals surface area contributed by atoms with Gasteiger partial charge in [-0.15, -0.1) is 0 Å². The Labute approximate surface area is 138 Å². The van der Waals surface area contributed by atoms with Crippen molar-refractivity contribution < 1.29 is 14.6 Å². The molecule has 0 aliphatic rings. The topological polar surface area (TPSA) is 58.9 Å². The van der Waals surface area contributed by atoms with Crippen LogP contribution in [-0.2, 0) is 11.2 Å². The fourth-order valence-corrected chi connectivity index (χ4v) is 2.14. The molecule has 1 aromatic rings. The minimum absolute atomic E-state index is 0.0364. The third kappa shape index (κ3) is 5.09. The molecule has 1 N–H and O–H groups in total. The second-order valence-corrected chi connectivity index (χ2v) is 5.33. The van der Waals surface area contributed by atoms with Crippen molar-refractivity contribution in [1.82, 2.24) is 0 Å². The monoisotopic (exact) mass is 315 g/mol. The van der Waals surface area contributed by atoms with Crippen LogP contribution in [-0.4, -0.2) is 23.9 Å². The largest absolute Gasteiger partial charge is 0.496 e. The fourth-order valence-electron chi connectivity index (χ4n) is 2.14. The Kier molecular flexibility index (Phi) is 7.26. The summed E-state index contributed by atoms with van der Waals surface area (Å²) in [6, 6.07) is 5.94. The lowest BCUT2D eigenvalue weighted by Crippen LogP contribution is -2.10. The number of aryl methyl sites for hydroxylation is 1. The molecule has 0 bridgehead atoms. The third-order valence-electron chi connectivity index (χ3n) is 3.66. The van der Waals surface area contributed by atoms with Gasteiger partial charge in [-0.25, -0.2) is 9.79 Å². The van der Waals surface area contributed by atoms with Gasteiger partial charge in [0.15, 0.2) is 0 Å². The van der Waals surface area contributed by atoms with Crippen molar-refractivity contribution in [2.75, 3.05) is 7.11 Å². The quantitative estimate of drug-likeness (QED) is 0.754. The number of allylic oxidation sites excluding steroid dienone is 2. The lowest BCUT2D eigenvalue weighted by molar-refractivity contribution is -0.129. The number of benzene rings is 1. The molecule has 4 nitrogen and oxygen atoms in total. The average Bonchev–Trinajstić information content (AvgIpc) is 2.56. The maximum absolute atomic E-state index is 11.3. The molecular formula is C19H25NO3. The first-order valence-corrected chi connectivity index (χ1v) is 7.75. The van der Waals surface area contributed by atoms with Crippen LogP contribution >= 0.6 is 0 Å². The van der Waals surface area contributed by atoms with Crippen molar-refractivity contribution in [1.29, 1.82) is 0 Å². The molecule has 124 valence electrons. The molecule has 0 saturated heterocycles. The summed E-state index contributed by atoms with van der Waals surface area (Å²) < 4.78 is 5.51. The minimum atomic E-state index is -1.03. The fraction of sp³-hybridized carbons (Fsp3) is 0.368. The van der Waals surface area contributed by atoms with E-state index in [2.05, 4.69) is 11.9 Å². The highest BCUT2D eigenvalue weighted by Crippen LogP contribution is 2.30. The van der Waals surface area contributed by atoms with Crippen LogP contribution in [0.2, 0.25) is 0 Å². The molecule has 0 aromatic heterocycles. The Morgan fingerprint density at radius 1 is 1.30 bits per heavy atom. The number of hydrogen-bond acceptors (Lipinski definition) is 3. The first kappa shape index (κ1) is 18.7. The van der Waals surface area contributed by atoms with Crippen LogP contribution in [0.25, 0.3) is 5.57 Å². The van der Waals surface area contributed by atoms with E-state index >= 15 is 0 Å². The number of ether oxygens (including phenoxy) is 1. The van der Waals surface area contributed by atoms with Gasteiger partial charge in [0.05, 0.1) is 7.11 Å². The standard InChI is InChI=1S/C19H25NO3/c1-6-13(3)11-17(19(21)22)20-12-14(4)16-10-8-9-15(7-2)18(16)23-5/h8-12H,6-7H2,1-5H3,(H,21,22)/b13-11?,14-12+,20-17?. The molecule has 0 fully saturated rings. The van der Waals surface area contributed by atoms with Gasteiger partial charge in [-0.3, -0.25) is 0 Å². The van der Waals surface area contributed by atoms with Crippen LogP contribution in [0.4, 0.5) is 0 Å². The molecule has 0 unspecified atom stereocenters. The van der Waals surface area contributed by atoms with E-state index in [1.807, 2.05) is 39.0 Å². The molecule has 0 radical (unpaired) electrons. The van der Waals surface area contributed by atoms with E-state index in [-0.39, 0.29) is 5.71 Å². The number of rotatable bonds is 7. The van der Waals surface area contributed by atoms with Crippen molar-refractivity contribution in [2.45, 2.75) is 40.5 Å². The van der Waals surface area contributed by atoms with Crippen molar-refractivity contribution >= 4 is 17.3 Å².